The van der Waals surface area contributed by atoms with Crippen LogP contribution in [0.3, 0.4) is 0 Å². The van der Waals surface area contributed by atoms with Gasteiger partial charge in [0.25, 0.3) is 11.8 Å². The number of carbonyl (C=O) groups is 2. The Kier molecular flexibility index (Phi) is 5.86. The zero-order chi connectivity index (χ0) is 22.4. The summed E-state index contributed by atoms with van der Waals surface area (Å²) >= 11 is 7.79. The van der Waals surface area contributed by atoms with Crippen molar-refractivity contribution in [3.8, 4) is 5.75 Å². The second kappa shape index (κ2) is 8.30. The molecule has 0 radical (unpaired) electrons. The molecule has 1 saturated heterocycles. The summed E-state index contributed by atoms with van der Waals surface area (Å²) in [5, 5.41) is 14.9. The van der Waals surface area contributed by atoms with E-state index in [1.165, 1.54) is 27.9 Å². The van der Waals surface area contributed by atoms with Crippen molar-refractivity contribution in [3.05, 3.63) is 59.8 Å². The van der Waals surface area contributed by atoms with Crippen LogP contribution in [0.15, 0.2) is 23.1 Å². The number of nitrogens with zero attached hydrogens (tertiary/aromatic N) is 3. The van der Waals surface area contributed by atoms with E-state index in [4.69, 9.17) is 11.6 Å². The molecule has 8 nitrogen and oxygen atoms in total. The largest absolute Gasteiger partial charge is 0.502 e. The second-order valence-electron chi connectivity index (χ2n) is 7.49. The molecule has 11 heteroatoms. The third kappa shape index (κ3) is 3.65. The molecule has 0 aliphatic carbocycles. The Morgan fingerprint density at radius 3 is 2.84 bits per heavy atom. The Bertz CT molecular complexity index is 1150. The first-order chi connectivity index (χ1) is 14.7. The van der Waals surface area contributed by atoms with Crippen molar-refractivity contribution in [3.63, 3.8) is 0 Å². The van der Waals surface area contributed by atoms with Gasteiger partial charge in [0.15, 0.2) is 11.4 Å². The van der Waals surface area contributed by atoms with Gasteiger partial charge in [0.1, 0.15) is 17.5 Å². The lowest BCUT2D eigenvalue weighted by Gasteiger charge is -2.47. The van der Waals surface area contributed by atoms with Crippen molar-refractivity contribution in [2.45, 2.75) is 32.0 Å². The molecule has 0 spiro atoms. The molecule has 0 bridgehead atoms. The number of hydrogen-bond donors (Lipinski definition) is 2. The molecule has 2 aliphatic rings. The van der Waals surface area contributed by atoms with E-state index < -0.39 is 28.8 Å². The smallest absolute Gasteiger partial charge is 0.277 e. The molecule has 3 heterocycles. The summed E-state index contributed by atoms with van der Waals surface area (Å²) in [6, 6.07) is 2.69. The van der Waals surface area contributed by atoms with Crippen molar-refractivity contribution in [2.24, 2.45) is 0 Å². The van der Waals surface area contributed by atoms with Crippen LogP contribution in [-0.4, -0.2) is 46.3 Å². The van der Waals surface area contributed by atoms with E-state index in [0.717, 1.165) is 19.3 Å². The molecular formula is C20H19ClFIN4O4. The van der Waals surface area contributed by atoms with Gasteiger partial charge >= 0.3 is 0 Å². The van der Waals surface area contributed by atoms with Crippen molar-refractivity contribution >= 4 is 46.0 Å². The number of carbonyl (C=O) groups excluding carboxylic acids is 2. The van der Waals surface area contributed by atoms with Gasteiger partial charge in [-0.15, -0.1) is 0 Å². The average molecular weight is 561 g/mol. The summed E-state index contributed by atoms with van der Waals surface area (Å²) in [5.74, 6) is -2.51. The summed E-state index contributed by atoms with van der Waals surface area (Å²) in [5.41, 5.74) is -0.781. The first-order valence-corrected chi connectivity index (χ1v) is 11.1. The number of benzene rings is 1. The Morgan fingerprint density at radius 1 is 1.35 bits per heavy atom. The van der Waals surface area contributed by atoms with Crippen LogP contribution in [0, 0.1) is 9.39 Å². The van der Waals surface area contributed by atoms with Crippen LogP contribution >= 0.6 is 34.2 Å². The lowest BCUT2D eigenvalue weighted by molar-refractivity contribution is 0.0591. The molecule has 164 valence electrons. The maximum absolute atomic E-state index is 13.5. The monoisotopic (exact) mass is 560 g/mol. The minimum Gasteiger partial charge on any atom is -0.502 e. The number of aromatic hydroxyl groups is 1. The highest BCUT2D eigenvalue weighted by Gasteiger charge is 2.39. The van der Waals surface area contributed by atoms with E-state index in [1.807, 2.05) is 27.6 Å². The van der Waals surface area contributed by atoms with Gasteiger partial charge in [0.2, 0.25) is 5.43 Å². The highest BCUT2D eigenvalue weighted by Crippen LogP contribution is 2.29. The number of fused-ring (bicyclic) bond motifs is 3. The van der Waals surface area contributed by atoms with Crippen molar-refractivity contribution in [2.75, 3.05) is 18.6 Å². The van der Waals surface area contributed by atoms with Gasteiger partial charge in [0, 0.05) is 29.9 Å². The van der Waals surface area contributed by atoms with E-state index in [0.29, 0.717) is 15.7 Å². The Labute approximate surface area is 195 Å². The molecule has 0 unspecified atom stereocenters. The van der Waals surface area contributed by atoms with Crippen LogP contribution in [0.25, 0.3) is 0 Å². The van der Waals surface area contributed by atoms with Crippen LogP contribution in [0.1, 0.15) is 45.7 Å². The minimum atomic E-state index is -0.923. The predicted molar refractivity (Wildman–Crippen MR) is 120 cm³/mol. The topological polar surface area (TPSA) is 94.9 Å². The molecule has 1 atom stereocenters. The molecule has 1 aromatic heterocycles. The van der Waals surface area contributed by atoms with Crippen molar-refractivity contribution < 1.29 is 19.1 Å². The third-order valence-electron chi connectivity index (χ3n) is 5.65. The van der Waals surface area contributed by atoms with Crippen molar-refractivity contribution in [1.82, 2.24) is 14.9 Å². The predicted octanol–water partition coefficient (Wildman–Crippen LogP) is 2.41. The maximum Gasteiger partial charge on any atom is 0.277 e. The summed E-state index contributed by atoms with van der Waals surface area (Å²) < 4.78 is 15.4. The fourth-order valence-electron chi connectivity index (χ4n) is 3.97. The van der Waals surface area contributed by atoms with Gasteiger partial charge in [-0.05, 0) is 53.5 Å². The molecule has 31 heavy (non-hydrogen) atoms. The standard InChI is InChI=1S/C20H19ClFIN4O4/c1-25-13-4-2-3-7-26(13)27-9-11(17(28)18(29)16(27)20(25)31)19(30)24-8-10-5-6-12(22)14(21)15(10)23/h5-6,9,13,29H,2-4,7-8H2,1H3,(H,24,30)/t13-/m0/s1. The van der Waals surface area contributed by atoms with Crippen LogP contribution in [0.2, 0.25) is 5.02 Å². The molecule has 2 aromatic rings. The van der Waals surface area contributed by atoms with Gasteiger partial charge in [-0.1, -0.05) is 17.7 Å². The number of hydrogen-bond acceptors (Lipinski definition) is 5. The SMILES string of the molecule is CN1C(=O)c2c(O)c(=O)c(C(=O)NCc3ccc(F)c(Cl)c3I)cn2N2CCCC[C@@H]12. The molecule has 4 rings (SSSR count). The Balaban J connectivity index is 1.68. The minimum absolute atomic E-state index is 0.00701. The molecular weight excluding hydrogens is 542 g/mol. The lowest BCUT2D eigenvalue weighted by Crippen LogP contribution is -2.61. The fraction of sp³-hybridized carbons (Fsp3) is 0.350. The van der Waals surface area contributed by atoms with E-state index in [1.54, 1.807) is 7.05 Å². The highest BCUT2D eigenvalue weighted by atomic mass is 127. The zero-order valence-electron chi connectivity index (χ0n) is 16.5. The number of aromatic nitrogens is 1. The van der Waals surface area contributed by atoms with Crippen LogP contribution in [0.4, 0.5) is 4.39 Å². The zero-order valence-corrected chi connectivity index (χ0v) is 19.4. The van der Waals surface area contributed by atoms with E-state index in [2.05, 4.69) is 5.32 Å². The molecule has 2 aliphatic heterocycles. The van der Waals surface area contributed by atoms with Crippen molar-refractivity contribution in [1.29, 1.82) is 0 Å². The van der Waals surface area contributed by atoms with E-state index in [9.17, 15) is 23.9 Å². The molecule has 0 saturated carbocycles. The number of rotatable bonds is 3. The Hall–Kier alpha value is -2.34. The lowest BCUT2D eigenvalue weighted by atomic mass is 10.1. The van der Waals surface area contributed by atoms with Gasteiger partial charge in [0.05, 0.1) is 5.02 Å². The second-order valence-corrected chi connectivity index (χ2v) is 8.94. The fourth-order valence-corrected chi connectivity index (χ4v) is 4.78. The summed E-state index contributed by atoms with van der Waals surface area (Å²) in [6.45, 7) is 0.623. The maximum atomic E-state index is 13.5. The quantitative estimate of drug-likeness (QED) is 0.444. The van der Waals surface area contributed by atoms with Gasteiger partial charge in [-0.2, -0.15) is 0 Å². The van der Waals surface area contributed by atoms with Crippen LogP contribution in [0.5, 0.6) is 5.75 Å². The highest BCUT2D eigenvalue weighted by molar-refractivity contribution is 14.1. The molecule has 1 aromatic carbocycles. The summed E-state index contributed by atoms with van der Waals surface area (Å²) in [6.07, 6.45) is 3.68. The number of nitrogens with one attached hydrogen (secondary N) is 1. The molecule has 1 fully saturated rings. The van der Waals surface area contributed by atoms with Crippen LogP contribution < -0.4 is 15.8 Å². The molecule has 2 N–H and O–H groups in total. The Morgan fingerprint density at radius 2 is 2.10 bits per heavy atom. The molecule has 2 amide bonds. The van der Waals surface area contributed by atoms with Crippen LogP contribution in [-0.2, 0) is 6.54 Å². The average Bonchev–Trinajstić information content (AvgIpc) is 2.77. The first kappa shape index (κ1) is 21.9. The first-order valence-electron chi connectivity index (χ1n) is 9.65. The normalized spacial score (nSPS) is 17.9. The van der Waals surface area contributed by atoms with E-state index in [-0.39, 0.29) is 29.0 Å². The van der Waals surface area contributed by atoms with Gasteiger partial charge in [-0.25, -0.2) is 4.39 Å². The number of pyridine rings is 1. The summed E-state index contributed by atoms with van der Waals surface area (Å²) in [4.78, 5) is 39.7. The third-order valence-corrected chi connectivity index (χ3v) is 7.57. The number of piperidine rings is 1. The van der Waals surface area contributed by atoms with Gasteiger partial charge in [-0.3, -0.25) is 24.1 Å². The van der Waals surface area contributed by atoms with Gasteiger partial charge < -0.3 is 15.3 Å². The number of halogens is 3. The van der Waals surface area contributed by atoms with E-state index >= 15 is 0 Å². The summed E-state index contributed by atoms with van der Waals surface area (Å²) in [7, 11) is 1.63. The number of amides is 2.